The van der Waals surface area contributed by atoms with Crippen LogP contribution in [0.2, 0.25) is 0 Å². The molecule has 0 heterocycles. The summed E-state index contributed by atoms with van der Waals surface area (Å²) in [7, 11) is 0. The Morgan fingerprint density at radius 2 is 1.85 bits per heavy atom. The molecule has 0 spiro atoms. The van der Waals surface area contributed by atoms with Gasteiger partial charge < -0.3 is 9.84 Å². The minimum absolute atomic E-state index is 0.0214. The summed E-state index contributed by atoms with van der Waals surface area (Å²) in [6.45, 7) is 5.92. The smallest absolute Gasteiger partial charge is 0.304 e. The summed E-state index contributed by atoms with van der Waals surface area (Å²) in [5, 5.41) is 8.92. The van der Waals surface area contributed by atoms with E-state index in [9.17, 15) is 4.79 Å². The molecule has 3 heteroatoms. The van der Waals surface area contributed by atoms with Crippen molar-refractivity contribution in [3.63, 3.8) is 0 Å². The Bertz CT molecular complexity index is 475. The molecule has 108 valence electrons. The average molecular weight is 274 g/mol. The maximum Gasteiger partial charge on any atom is 0.304 e. The zero-order valence-electron chi connectivity index (χ0n) is 12.3. The van der Waals surface area contributed by atoms with E-state index in [0.717, 1.165) is 24.2 Å². The molecule has 0 aromatic heterocycles. The summed E-state index contributed by atoms with van der Waals surface area (Å²) >= 11 is 0. The highest BCUT2D eigenvalue weighted by molar-refractivity contribution is 5.69. The van der Waals surface area contributed by atoms with E-state index < -0.39 is 5.97 Å². The molecule has 0 aliphatic carbocycles. The van der Waals surface area contributed by atoms with Crippen LogP contribution in [0, 0.1) is 11.8 Å². The van der Waals surface area contributed by atoms with E-state index in [1.54, 1.807) is 6.92 Å². The molecule has 0 saturated heterocycles. The fourth-order valence-electron chi connectivity index (χ4n) is 2.03. The van der Waals surface area contributed by atoms with Gasteiger partial charge in [0.25, 0.3) is 0 Å². The molecule has 0 radical (unpaired) electrons. The molecule has 1 N–H and O–H groups in total. The minimum Gasteiger partial charge on any atom is -0.490 e. The van der Waals surface area contributed by atoms with Gasteiger partial charge in [-0.1, -0.05) is 31.9 Å². The molecule has 3 nitrogen and oxygen atoms in total. The van der Waals surface area contributed by atoms with Crippen LogP contribution in [0.1, 0.15) is 51.5 Å². The first-order valence-corrected chi connectivity index (χ1v) is 7.01. The maximum absolute atomic E-state index is 10.9. The van der Waals surface area contributed by atoms with Gasteiger partial charge in [0.2, 0.25) is 0 Å². The van der Waals surface area contributed by atoms with E-state index in [1.807, 2.05) is 24.3 Å². The quantitative estimate of drug-likeness (QED) is 0.768. The molecule has 0 aliphatic heterocycles. The van der Waals surface area contributed by atoms with Crippen molar-refractivity contribution in [3.05, 3.63) is 29.8 Å². The number of hydrogen-bond donors (Lipinski definition) is 1. The zero-order valence-corrected chi connectivity index (χ0v) is 12.3. The van der Waals surface area contributed by atoms with Crippen molar-refractivity contribution in [3.8, 4) is 17.6 Å². The fraction of sp³-hybridized carbons (Fsp3) is 0.471. The van der Waals surface area contributed by atoms with Crippen LogP contribution in [-0.4, -0.2) is 17.2 Å². The molecule has 0 unspecified atom stereocenters. The standard InChI is InChI=1S/C17H22O3/c1-4-7-14(12-17(18)19)13-8-10-16(11-9-13)20-15(5-2)6-3/h8-11,14-15H,5-6,12H2,1-3H3,(H,18,19)/t14-/m0/s1. The minimum atomic E-state index is -0.838. The summed E-state index contributed by atoms with van der Waals surface area (Å²) < 4.78 is 5.84. The lowest BCUT2D eigenvalue weighted by molar-refractivity contribution is -0.137. The number of hydrogen-bond acceptors (Lipinski definition) is 2. The fourth-order valence-corrected chi connectivity index (χ4v) is 2.03. The first kappa shape index (κ1) is 16.1. The van der Waals surface area contributed by atoms with Gasteiger partial charge in [0.05, 0.1) is 18.4 Å². The Balaban J connectivity index is 2.81. The van der Waals surface area contributed by atoms with Gasteiger partial charge in [0.15, 0.2) is 0 Å². The van der Waals surface area contributed by atoms with Crippen LogP contribution >= 0.6 is 0 Å². The topological polar surface area (TPSA) is 46.5 Å². The molecule has 0 fully saturated rings. The highest BCUT2D eigenvalue weighted by atomic mass is 16.5. The average Bonchev–Trinajstić information content (AvgIpc) is 2.44. The summed E-state index contributed by atoms with van der Waals surface area (Å²) in [5.74, 6) is 5.45. The Morgan fingerprint density at radius 1 is 1.25 bits per heavy atom. The van der Waals surface area contributed by atoms with Crippen molar-refractivity contribution in [2.24, 2.45) is 0 Å². The summed E-state index contributed by atoms with van der Waals surface area (Å²) in [6.07, 6.45) is 2.20. The third-order valence-corrected chi connectivity index (χ3v) is 3.19. The molecule has 0 amide bonds. The number of aliphatic carboxylic acids is 1. The van der Waals surface area contributed by atoms with Crippen molar-refractivity contribution in [1.29, 1.82) is 0 Å². The van der Waals surface area contributed by atoms with Crippen molar-refractivity contribution >= 4 is 5.97 Å². The Hall–Kier alpha value is -1.95. The van der Waals surface area contributed by atoms with Crippen molar-refractivity contribution in [2.45, 2.75) is 52.1 Å². The first-order valence-electron chi connectivity index (χ1n) is 7.01. The predicted octanol–water partition coefficient (Wildman–Crippen LogP) is 3.84. The van der Waals surface area contributed by atoms with Gasteiger partial charge in [-0.15, -0.1) is 5.92 Å². The molecule has 1 rings (SSSR count). The first-order chi connectivity index (χ1) is 9.60. The summed E-state index contributed by atoms with van der Waals surface area (Å²) in [6, 6.07) is 7.57. The molecule has 1 aromatic rings. The predicted molar refractivity (Wildman–Crippen MR) is 79.9 cm³/mol. The van der Waals surface area contributed by atoms with Crippen LogP contribution < -0.4 is 4.74 Å². The van der Waals surface area contributed by atoms with Gasteiger partial charge in [0.1, 0.15) is 5.75 Å². The normalized spacial score (nSPS) is 11.6. The number of ether oxygens (including phenoxy) is 1. The number of carbonyl (C=O) groups is 1. The Morgan fingerprint density at radius 3 is 2.30 bits per heavy atom. The van der Waals surface area contributed by atoms with E-state index >= 15 is 0 Å². The monoisotopic (exact) mass is 274 g/mol. The number of carboxylic acid groups (broad SMARTS) is 1. The van der Waals surface area contributed by atoms with Crippen LogP contribution in [0.5, 0.6) is 5.75 Å². The largest absolute Gasteiger partial charge is 0.490 e. The number of carboxylic acids is 1. The van der Waals surface area contributed by atoms with E-state index in [2.05, 4.69) is 25.7 Å². The molecular weight excluding hydrogens is 252 g/mol. The number of benzene rings is 1. The lowest BCUT2D eigenvalue weighted by atomic mass is 9.96. The van der Waals surface area contributed by atoms with Crippen molar-refractivity contribution in [1.82, 2.24) is 0 Å². The molecule has 20 heavy (non-hydrogen) atoms. The molecule has 1 atom stereocenters. The summed E-state index contributed by atoms with van der Waals surface area (Å²) in [4.78, 5) is 10.9. The van der Waals surface area contributed by atoms with Crippen LogP contribution in [0.3, 0.4) is 0 Å². The Labute approximate surface area is 121 Å². The van der Waals surface area contributed by atoms with Crippen LogP contribution in [0.25, 0.3) is 0 Å². The molecular formula is C17H22O3. The van der Waals surface area contributed by atoms with E-state index in [1.165, 1.54) is 0 Å². The highest BCUT2D eigenvalue weighted by Gasteiger charge is 2.13. The zero-order chi connectivity index (χ0) is 15.0. The SMILES string of the molecule is CC#C[C@@H](CC(=O)O)c1ccc(OC(CC)CC)cc1. The summed E-state index contributed by atoms with van der Waals surface area (Å²) in [5.41, 5.74) is 0.915. The van der Waals surface area contributed by atoms with Gasteiger partial charge >= 0.3 is 5.97 Å². The number of rotatable bonds is 7. The second-order valence-electron chi connectivity index (χ2n) is 4.67. The second-order valence-corrected chi connectivity index (χ2v) is 4.67. The lowest BCUT2D eigenvalue weighted by Crippen LogP contribution is -2.13. The third-order valence-electron chi connectivity index (χ3n) is 3.19. The van der Waals surface area contributed by atoms with Gasteiger partial charge in [-0.3, -0.25) is 4.79 Å². The van der Waals surface area contributed by atoms with Gasteiger partial charge in [-0.05, 0) is 37.5 Å². The lowest BCUT2D eigenvalue weighted by Gasteiger charge is -2.16. The maximum atomic E-state index is 10.9. The molecule has 0 bridgehead atoms. The van der Waals surface area contributed by atoms with Crippen LogP contribution in [-0.2, 0) is 4.79 Å². The molecule has 1 aromatic carbocycles. The van der Waals surface area contributed by atoms with E-state index in [4.69, 9.17) is 9.84 Å². The van der Waals surface area contributed by atoms with E-state index in [-0.39, 0.29) is 18.4 Å². The van der Waals surface area contributed by atoms with Gasteiger partial charge in [0, 0.05) is 0 Å². The van der Waals surface area contributed by atoms with Gasteiger partial charge in [-0.2, -0.15) is 0 Å². The highest BCUT2D eigenvalue weighted by Crippen LogP contribution is 2.23. The van der Waals surface area contributed by atoms with E-state index in [0.29, 0.717) is 0 Å². The molecule has 0 aliphatic rings. The third kappa shape index (κ3) is 4.97. The molecule has 0 saturated carbocycles. The van der Waals surface area contributed by atoms with Crippen LogP contribution in [0.15, 0.2) is 24.3 Å². The van der Waals surface area contributed by atoms with Crippen molar-refractivity contribution in [2.75, 3.05) is 0 Å². The van der Waals surface area contributed by atoms with Crippen LogP contribution in [0.4, 0.5) is 0 Å². The van der Waals surface area contributed by atoms with Crippen molar-refractivity contribution < 1.29 is 14.6 Å². The van der Waals surface area contributed by atoms with Gasteiger partial charge in [-0.25, -0.2) is 0 Å². The second kappa shape index (κ2) is 8.27. The Kier molecular flexibility index (Phi) is 6.66.